The number of nitrogens with one attached hydrogen (secondary N) is 1. The van der Waals surface area contributed by atoms with E-state index in [9.17, 15) is 4.79 Å². The van der Waals surface area contributed by atoms with Gasteiger partial charge in [-0.15, -0.1) is 17.9 Å². The van der Waals surface area contributed by atoms with Crippen molar-refractivity contribution in [1.82, 2.24) is 15.2 Å². The second-order valence-corrected chi connectivity index (χ2v) is 4.64. The first-order valence-electron chi connectivity index (χ1n) is 5.59. The van der Waals surface area contributed by atoms with E-state index < -0.39 is 0 Å². The van der Waals surface area contributed by atoms with Crippen LogP contribution in [0.15, 0.2) is 24.2 Å². The average molecular weight is 252 g/mol. The van der Waals surface area contributed by atoms with E-state index in [1.165, 1.54) is 0 Å². The molecule has 1 saturated heterocycles. The number of hydrogen-bond acceptors (Lipinski definition) is 4. The molecule has 1 fully saturated rings. The van der Waals surface area contributed by atoms with Crippen LogP contribution in [0, 0.1) is 0 Å². The zero-order valence-electron chi connectivity index (χ0n) is 9.63. The van der Waals surface area contributed by atoms with Crippen LogP contribution in [0.5, 0.6) is 0 Å². The van der Waals surface area contributed by atoms with E-state index in [0.29, 0.717) is 6.54 Å². The zero-order chi connectivity index (χ0) is 12.1. The maximum Gasteiger partial charge on any atom is 0.317 e. The van der Waals surface area contributed by atoms with Crippen molar-refractivity contribution in [2.75, 3.05) is 37.6 Å². The van der Waals surface area contributed by atoms with Gasteiger partial charge >= 0.3 is 6.03 Å². The lowest BCUT2D eigenvalue weighted by molar-refractivity contribution is 0.195. The summed E-state index contributed by atoms with van der Waals surface area (Å²) in [6, 6.07) is -0.0105. The highest BCUT2D eigenvalue weighted by atomic mass is 32.1. The molecule has 6 heteroatoms. The van der Waals surface area contributed by atoms with Gasteiger partial charge in [0.05, 0.1) is 0 Å². The predicted molar refractivity (Wildman–Crippen MR) is 69.5 cm³/mol. The fraction of sp³-hybridized carbons (Fsp3) is 0.455. The van der Waals surface area contributed by atoms with E-state index >= 15 is 0 Å². The van der Waals surface area contributed by atoms with Crippen LogP contribution in [-0.2, 0) is 0 Å². The van der Waals surface area contributed by atoms with Gasteiger partial charge in [0.25, 0.3) is 0 Å². The number of aromatic nitrogens is 1. The molecular formula is C11H16N4OS. The third-order valence-corrected chi connectivity index (χ3v) is 3.49. The predicted octanol–water partition coefficient (Wildman–Crippen LogP) is 1.16. The van der Waals surface area contributed by atoms with Crippen LogP contribution in [0.4, 0.5) is 9.93 Å². The number of nitrogens with zero attached hydrogens (tertiary/aromatic N) is 3. The molecule has 2 rings (SSSR count). The van der Waals surface area contributed by atoms with Crippen LogP contribution in [0.2, 0.25) is 0 Å². The maximum absolute atomic E-state index is 11.7. The number of urea groups is 1. The molecular weight excluding hydrogens is 236 g/mol. The van der Waals surface area contributed by atoms with Gasteiger partial charge in [-0.05, 0) is 0 Å². The van der Waals surface area contributed by atoms with Crippen molar-refractivity contribution >= 4 is 22.5 Å². The number of amides is 2. The molecule has 0 aromatic carbocycles. The number of thiazole rings is 1. The number of piperazine rings is 1. The lowest BCUT2D eigenvalue weighted by atomic mass is 10.3. The lowest BCUT2D eigenvalue weighted by Gasteiger charge is -2.34. The fourth-order valence-electron chi connectivity index (χ4n) is 1.74. The minimum Gasteiger partial charge on any atom is -0.345 e. The summed E-state index contributed by atoms with van der Waals surface area (Å²) < 4.78 is 0. The molecule has 1 N–H and O–H groups in total. The Hall–Kier alpha value is -1.56. The Morgan fingerprint density at radius 2 is 2.29 bits per heavy atom. The van der Waals surface area contributed by atoms with Gasteiger partial charge in [0.2, 0.25) is 0 Å². The van der Waals surface area contributed by atoms with Gasteiger partial charge in [0, 0.05) is 44.3 Å². The second kappa shape index (κ2) is 5.67. The minimum absolute atomic E-state index is 0.0105. The van der Waals surface area contributed by atoms with Crippen molar-refractivity contribution in [1.29, 1.82) is 0 Å². The SMILES string of the molecule is C=CCNC(=O)N1CCN(c2nccs2)CC1. The van der Waals surface area contributed by atoms with Gasteiger partial charge in [-0.25, -0.2) is 9.78 Å². The van der Waals surface area contributed by atoms with Gasteiger partial charge in [0.15, 0.2) is 5.13 Å². The van der Waals surface area contributed by atoms with E-state index in [4.69, 9.17) is 0 Å². The summed E-state index contributed by atoms with van der Waals surface area (Å²) in [4.78, 5) is 20.0. The van der Waals surface area contributed by atoms with Gasteiger partial charge < -0.3 is 15.1 Å². The quantitative estimate of drug-likeness (QED) is 0.821. The molecule has 0 spiro atoms. The van der Waals surface area contributed by atoms with Crippen molar-refractivity contribution in [3.8, 4) is 0 Å². The molecule has 92 valence electrons. The van der Waals surface area contributed by atoms with Crippen LogP contribution in [0.25, 0.3) is 0 Å². The van der Waals surface area contributed by atoms with Crippen LogP contribution >= 0.6 is 11.3 Å². The summed E-state index contributed by atoms with van der Waals surface area (Å²) in [5.41, 5.74) is 0. The first-order chi connectivity index (χ1) is 8.31. The highest BCUT2D eigenvalue weighted by Gasteiger charge is 2.21. The minimum atomic E-state index is -0.0105. The third kappa shape index (κ3) is 2.97. The molecule has 0 unspecified atom stereocenters. The third-order valence-electron chi connectivity index (χ3n) is 2.65. The molecule has 1 aliphatic heterocycles. The summed E-state index contributed by atoms with van der Waals surface area (Å²) in [5.74, 6) is 0. The van der Waals surface area contributed by atoms with E-state index in [-0.39, 0.29) is 6.03 Å². The number of carbonyl (C=O) groups excluding carboxylic acids is 1. The van der Waals surface area contributed by atoms with Gasteiger partial charge in [-0.1, -0.05) is 6.08 Å². The fourth-order valence-corrected chi connectivity index (χ4v) is 2.44. The molecule has 17 heavy (non-hydrogen) atoms. The van der Waals surface area contributed by atoms with Crippen LogP contribution < -0.4 is 10.2 Å². The van der Waals surface area contributed by atoms with Gasteiger partial charge in [0.1, 0.15) is 0 Å². The summed E-state index contributed by atoms with van der Waals surface area (Å²) in [7, 11) is 0. The zero-order valence-corrected chi connectivity index (χ0v) is 10.4. The van der Waals surface area contributed by atoms with Crippen molar-refractivity contribution in [3.05, 3.63) is 24.2 Å². The Kier molecular flexibility index (Phi) is 3.98. The Bertz CT molecular complexity index is 371. The molecule has 0 aliphatic carbocycles. The highest BCUT2D eigenvalue weighted by Crippen LogP contribution is 2.18. The molecule has 2 amide bonds. The van der Waals surface area contributed by atoms with E-state index in [0.717, 1.165) is 31.3 Å². The largest absolute Gasteiger partial charge is 0.345 e. The monoisotopic (exact) mass is 252 g/mol. The molecule has 1 aromatic heterocycles. The van der Waals surface area contributed by atoms with E-state index in [1.807, 2.05) is 16.5 Å². The number of hydrogen-bond donors (Lipinski definition) is 1. The van der Waals surface area contributed by atoms with Gasteiger partial charge in [-0.3, -0.25) is 0 Å². The number of anilines is 1. The van der Waals surface area contributed by atoms with Gasteiger partial charge in [-0.2, -0.15) is 0 Å². The van der Waals surface area contributed by atoms with Crippen LogP contribution in [0.3, 0.4) is 0 Å². The molecule has 0 atom stereocenters. The molecule has 5 nitrogen and oxygen atoms in total. The Balaban J connectivity index is 1.81. The Labute approximate surface area is 105 Å². The molecule has 1 aromatic rings. The second-order valence-electron chi connectivity index (χ2n) is 3.76. The van der Waals surface area contributed by atoms with Crippen molar-refractivity contribution in [2.45, 2.75) is 0 Å². The van der Waals surface area contributed by atoms with Crippen LogP contribution in [0.1, 0.15) is 0 Å². The number of carbonyl (C=O) groups is 1. The topological polar surface area (TPSA) is 48.5 Å². The van der Waals surface area contributed by atoms with E-state index in [1.54, 1.807) is 17.4 Å². The number of rotatable bonds is 3. The summed E-state index contributed by atoms with van der Waals surface area (Å²) in [6.45, 7) is 7.26. The molecule has 1 aliphatic rings. The Morgan fingerprint density at radius 1 is 1.53 bits per heavy atom. The lowest BCUT2D eigenvalue weighted by Crippen LogP contribution is -2.51. The normalized spacial score (nSPS) is 15.8. The van der Waals surface area contributed by atoms with Crippen molar-refractivity contribution in [2.24, 2.45) is 0 Å². The molecule has 0 saturated carbocycles. The van der Waals surface area contributed by atoms with Crippen molar-refractivity contribution in [3.63, 3.8) is 0 Å². The first kappa shape index (κ1) is 11.9. The first-order valence-corrected chi connectivity index (χ1v) is 6.47. The average Bonchev–Trinajstić information content (AvgIpc) is 2.90. The Morgan fingerprint density at radius 3 is 2.88 bits per heavy atom. The smallest absolute Gasteiger partial charge is 0.317 e. The molecule has 0 radical (unpaired) electrons. The highest BCUT2D eigenvalue weighted by molar-refractivity contribution is 7.13. The van der Waals surface area contributed by atoms with E-state index in [2.05, 4.69) is 21.8 Å². The summed E-state index contributed by atoms with van der Waals surface area (Å²) in [5, 5.41) is 5.80. The standard InChI is InChI=1S/C11H16N4OS/c1-2-3-12-10(16)14-5-7-15(8-6-14)11-13-4-9-17-11/h2,4,9H,1,3,5-8H2,(H,12,16). The maximum atomic E-state index is 11.7. The summed E-state index contributed by atoms with van der Waals surface area (Å²) >= 11 is 1.64. The van der Waals surface area contributed by atoms with Crippen LogP contribution in [-0.4, -0.2) is 48.6 Å². The molecule has 0 bridgehead atoms. The molecule has 2 heterocycles. The van der Waals surface area contributed by atoms with Crippen molar-refractivity contribution < 1.29 is 4.79 Å². The summed E-state index contributed by atoms with van der Waals surface area (Å²) in [6.07, 6.45) is 3.49.